The zero-order valence-corrected chi connectivity index (χ0v) is 15.1. The van der Waals surface area contributed by atoms with Gasteiger partial charge in [0.05, 0.1) is 12.1 Å². The number of hydrogen-bond acceptors (Lipinski definition) is 4. The Labute approximate surface area is 156 Å². The summed E-state index contributed by atoms with van der Waals surface area (Å²) in [6.45, 7) is 2.62. The van der Waals surface area contributed by atoms with Gasteiger partial charge in [0.25, 0.3) is 0 Å². The van der Waals surface area contributed by atoms with Crippen molar-refractivity contribution in [2.75, 3.05) is 6.54 Å². The molecule has 0 saturated carbocycles. The van der Waals surface area contributed by atoms with E-state index in [1.165, 1.54) is 24.3 Å². The second kappa shape index (κ2) is 7.56. The maximum absolute atomic E-state index is 13.5. The number of nitrogens with zero attached hydrogens (tertiary/aromatic N) is 3. The fraction of sp³-hybridized carbons (Fsp3) is 0.333. The number of rotatable bonds is 4. The van der Waals surface area contributed by atoms with E-state index < -0.39 is 0 Å². The van der Waals surface area contributed by atoms with Gasteiger partial charge in [-0.15, -0.1) is 10.2 Å². The molecule has 1 aliphatic heterocycles. The van der Waals surface area contributed by atoms with Crippen LogP contribution < -0.4 is 0 Å². The molecule has 0 amide bonds. The Morgan fingerprint density at radius 2 is 1.52 bits per heavy atom. The highest BCUT2D eigenvalue weighted by Gasteiger charge is 2.34. The SMILES string of the molecule is Cc1nnc(C2CCCCN2C(c2ccc(F)cc2)c2ccc(F)cc2)o1. The molecule has 0 bridgehead atoms. The summed E-state index contributed by atoms with van der Waals surface area (Å²) in [6, 6.07) is 12.8. The Hall–Kier alpha value is -2.60. The normalized spacial score (nSPS) is 18.1. The van der Waals surface area contributed by atoms with Gasteiger partial charge in [-0.2, -0.15) is 0 Å². The first kappa shape index (κ1) is 17.8. The Morgan fingerprint density at radius 1 is 0.926 bits per heavy atom. The molecule has 1 aliphatic rings. The molecule has 2 heterocycles. The molecule has 2 aromatic carbocycles. The molecule has 6 heteroatoms. The van der Waals surface area contributed by atoms with Crippen LogP contribution in [0.4, 0.5) is 8.78 Å². The summed E-state index contributed by atoms with van der Waals surface area (Å²) >= 11 is 0. The molecule has 0 aliphatic carbocycles. The van der Waals surface area contributed by atoms with Crippen molar-refractivity contribution in [2.45, 2.75) is 38.3 Å². The minimum absolute atomic E-state index is 0.0277. The fourth-order valence-electron chi connectivity index (χ4n) is 3.84. The number of halogens is 2. The van der Waals surface area contributed by atoms with E-state index in [4.69, 9.17) is 4.42 Å². The third-order valence-corrected chi connectivity index (χ3v) is 5.07. The maximum atomic E-state index is 13.5. The van der Waals surface area contributed by atoms with Crippen molar-refractivity contribution in [3.05, 3.63) is 83.1 Å². The summed E-state index contributed by atoms with van der Waals surface area (Å²) in [6.07, 6.45) is 3.02. The fourth-order valence-corrected chi connectivity index (χ4v) is 3.84. The molecule has 1 unspecified atom stereocenters. The van der Waals surface area contributed by atoms with Crippen LogP contribution in [0.3, 0.4) is 0 Å². The summed E-state index contributed by atoms with van der Waals surface area (Å²) in [5, 5.41) is 8.22. The highest BCUT2D eigenvalue weighted by molar-refractivity contribution is 5.33. The third kappa shape index (κ3) is 3.76. The average Bonchev–Trinajstić information content (AvgIpc) is 3.12. The van der Waals surface area contributed by atoms with E-state index in [-0.39, 0.29) is 23.7 Å². The van der Waals surface area contributed by atoms with Gasteiger partial charge >= 0.3 is 0 Å². The monoisotopic (exact) mass is 369 g/mol. The Balaban J connectivity index is 1.78. The number of likely N-dealkylation sites (tertiary alicyclic amines) is 1. The lowest BCUT2D eigenvalue weighted by atomic mass is 9.91. The summed E-state index contributed by atoms with van der Waals surface area (Å²) < 4.78 is 32.7. The van der Waals surface area contributed by atoms with E-state index in [0.717, 1.165) is 36.9 Å². The van der Waals surface area contributed by atoms with Crippen molar-refractivity contribution in [3.63, 3.8) is 0 Å². The number of hydrogen-bond donors (Lipinski definition) is 0. The molecule has 0 N–H and O–H groups in total. The first-order chi connectivity index (χ1) is 13.1. The van der Waals surface area contributed by atoms with Crippen LogP contribution in [0.1, 0.15) is 54.3 Å². The molecule has 0 radical (unpaired) electrons. The van der Waals surface area contributed by atoms with Crippen LogP contribution in [0.2, 0.25) is 0 Å². The summed E-state index contributed by atoms with van der Waals surface area (Å²) in [5.74, 6) is 0.579. The average molecular weight is 369 g/mol. The summed E-state index contributed by atoms with van der Waals surface area (Å²) in [4.78, 5) is 2.30. The molecule has 0 spiro atoms. The minimum Gasteiger partial charge on any atom is -0.424 e. The van der Waals surface area contributed by atoms with Gasteiger partial charge in [-0.25, -0.2) is 8.78 Å². The molecule has 140 valence electrons. The zero-order chi connectivity index (χ0) is 18.8. The number of aryl methyl sites for hydroxylation is 1. The van der Waals surface area contributed by atoms with E-state index in [1.807, 2.05) is 0 Å². The van der Waals surface area contributed by atoms with Crippen LogP contribution in [0.15, 0.2) is 52.9 Å². The highest BCUT2D eigenvalue weighted by atomic mass is 19.1. The predicted octanol–water partition coefficient (Wildman–Crippen LogP) is 4.97. The van der Waals surface area contributed by atoms with Crippen LogP contribution in [0.5, 0.6) is 0 Å². The molecule has 1 aromatic heterocycles. The van der Waals surface area contributed by atoms with Crippen molar-refractivity contribution in [3.8, 4) is 0 Å². The molecular weight excluding hydrogens is 348 g/mol. The van der Waals surface area contributed by atoms with Gasteiger partial charge in [0, 0.05) is 6.92 Å². The molecule has 1 saturated heterocycles. The van der Waals surface area contributed by atoms with Crippen molar-refractivity contribution in [2.24, 2.45) is 0 Å². The Bertz CT molecular complexity index is 847. The van der Waals surface area contributed by atoms with E-state index in [1.54, 1.807) is 31.2 Å². The second-order valence-corrected chi connectivity index (χ2v) is 6.91. The van der Waals surface area contributed by atoms with Gasteiger partial charge in [0.2, 0.25) is 11.8 Å². The lowest BCUT2D eigenvalue weighted by Gasteiger charge is -2.40. The van der Waals surface area contributed by atoms with E-state index in [9.17, 15) is 8.78 Å². The van der Waals surface area contributed by atoms with Gasteiger partial charge in [0.1, 0.15) is 11.6 Å². The van der Waals surface area contributed by atoms with Crippen LogP contribution in [0, 0.1) is 18.6 Å². The van der Waals surface area contributed by atoms with E-state index in [2.05, 4.69) is 15.1 Å². The largest absolute Gasteiger partial charge is 0.424 e. The van der Waals surface area contributed by atoms with Crippen LogP contribution >= 0.6 is 0 Å². The second-order valence-electron chi connectivity index (χ2n) is 6.91. The Kier molecular flexibility index (Phi) is 4.99. The lowest BCUT2D eigenvalue weighted by molar-refractivity contribution is 0.0927. The maximum Gasteiger partial charge on any atom is 0.233 e. The molecule has 1 fully saturated rings. The third-order valence-electron chi connectivity index (χ3n) is 5.07. The summed E-state index contributed by atoms with van der Waals surface area (Å²) in [7, 11) is 0. The Morgan fingerprint density at radius 3 is 2.04 bits per heavy atom. The molecule has 4 nitrogen and oxygen atoms in total. The smallest absolute Gasteiger partial charge is 0.233 e. The highest BCUT2D eigenvalue weighted by Crippen LogP contribution is 2.40. The molecule has 4 rings (SSSR count). The number of benzene rings is 2. The molecular formula is C21H21F2N3O. The lowest BCUT2D eigenvalue weighted by Crippen LogP contribution is -2.37. The number of piperidine rings is 1. The first-order valence-electron chi connectivity index (χ1n) is 9.18. The number of aromatic nitrogens is 2. The predicted molar refractivity (Wildman–Crippen MR) is 97.0 cm³/mol. The zero-order valence-electron chi connectivity index (χ0n) is 15.1. The van der Waals surface area contributed by atoms with Crippen LogP contribution in [0.25, 0.3) is 0 Å². The van der Waals surface area contributed by atoms with Crippen molar-refractivity contribution < 1.29 is 13.2 Å². The van der Waals surface area contributed by atoms with E-state index >= 15 is 0 Å². The van der Waals surface area contributed by atoms with Gasteiger partial charge in [-0.05, 0) is 54.8 Å². The summed E-state index contributed by atoms with van der Waals surface area (Å²) in [5.41, 5.74) is 1.90. The molecule has 3 aromatic rings. The first-order valence-corrected chi connectivity index (χ1v) is 9.18. The van der Waals surface area contributed by atoms with Crippen molar-refractivity contribution in [1.29, 1.82) is 0 Å². The van der Waals surface area contributed by atoms with E-state index in [0.29, 0.717) is 11.8 Å². The quantitative estimate of drug-likeness (QED) is 0.651. The minimum atomic E-state index is -0.278. The van der Waals surface area contributed by atoms with Crippen molar-refractivity contribution in [1.82, 2.24) is 15.1 Å². The van der Waals surface area contributed by atoms with Gasteiger partial charge in [-0.1, -0.05) is 30.7 Å². The molecule has 1 atom stereocenters. The standard InChI is InChI=1S/C21H21F2N3O/c1-14-24-25-21(27-14)19-4-2-3-13-26(19)20(15-5-9-17(22)10-6-15)16-7-11-18(23)12-8-16/h5-12,19-20H,2-4,13H2,1H3. The van der Waals surface area contributed by atoms with Gasteiger partial charge in [0.15, 0.2) is 0 Å². The topological polar surface area (TPSA) is 42.2 Å². The van der Waals surface area contributed by atoms with Crippen LogP contribution in [-0.4, -0.2) is 21.6 Å². The van der Waals surface area contributed by atoms with Gasteiger partial charge in [-0.3, -0.25) is 4.90 Å². The van der Waals surface area contributed by atoms with Gasteiger partial charge < -0.3 is 4.42 Å². The van der Waals surface area contributed by atoms with Crippen LogP contribution in [-0.2, 0) is 0 Å². The molecule has 27 heavy (non-hydrogen) atoms. The van der Waals surface area contributed by atoms with Crippen molar-refractivity contribution >= 4 is 0 Å².